The molecule has 1 aromatic carbocycles. The molecule has 0 spiro atoms. The Balaban J connectivity index is 2.06. The fourth-order valence-corrected chi connectivity index (χ4v) is 2.26. The van der Waals surface area contributed by atoms with Crippen LogP contribution >= 0.6 is 15.9 Å². The van der Waals surface area contributed by atoms with Crippen molar-refractivity contribution >= 4 is 32.6 Å². The Labute approximate surface area is 118 Å². The average Bonchev–Trinajstić information content (AvgIpc) is 2.46. The first-order valence-corrected chi connectivity index (χ1v) is 6.53. The molecule has 3 aromatic rings. The molecule has 4 heteroatoms. The Morgan fingerprint density at radius 2 is 1.79 bits per heavy atom. The van der Waals surface area contributed by atoms with Gasteiger partial charge in [0.15, 0.2) is 5.78 Å². The summed E-state index contributed by atoms with van der Waals surface area (Å²) in [4.78, 5) is 20.6. The molecule has 0 N–H and O–H groups in total. The van der Waals surface area contributed by atoms with Crippen molar-refractivity contribution in [2.45, 2.75) is 0 Å². The van der Waals surface area contributed by atoms with Crippen molar-refractivity contribution in [2.24, 2.45) is 0 Å². The standard InChI is InChI=1S/C15H9BrN2O/c16-13-6-12(7-17-9-13)15(19)11-5-10-3-1-2-4-14(10)18-8-11/h1-9H. The van der Waals surface area contributed by atoms with Crippen LogP contribution in [-0.2, 0) is 0 Å². The van der Waals surface area contributed by atoms with Crippen molar-refractivity contribution in [2.75, 3.05) is 0 Å². The molecular formula is C15H9BrN2O. The van der Waals surface area contributed by atoms with Gasteiger partial charge in [0.1, 0.15) is 0 Å². The summed E-state index contributed by atoms with van der Waals surface area (Å²) in [7, 11) is 0. The second-order valence-corrected chi connectivity index (χ2v) is 5.05. The van der Waals surface area contributed by atoms with E-state index in [1.807, 2.05) is 30.3 Å². The van der Waals surface area contributed by atoms with E-state index >= 15 is 0 Å². The van der Waals surface area contributed by atoms with Crippen LogP contribution in [-0.4, -0.2) is 15.8 Å². The maximum absolute atomic E-state index is 12.3. The Kier molecular flexibility index (Phi) is 3.09. The van der Waals surface area contributed by atoms with E-state index in [-0.39, 0.29) is 5.78 Å². The van der Waals surface area contributed by atoms with E-state index < -0.39 is 0 Å². The van der Waals surface area contributed by atoms with Gasteiger partial charge in [0, 0.05) is 39.6 Å². The summed E-state index contributed by atoms with van der Waals surface area (Å²) in [6.07, 6.45) is 4.81. The van der Waals surface area contributed by atoms with Crippen molar-refractivity contribution in [1.29, 1.82) is 0 Å². The summed E-state index contributed by atoms with van der Waals surface area (Å²) >= 11 is 3.31. The number of pyridine rings is 2. The summed E-state index contributed by atoms with van der Waals surface area (Å²) in [5.41, 5.74) is 2.00. The van der Waals surface area contributed by atoms with Gasteiger partial charge >= 0.3 is 0 Å². The molecule has 0 aliphatic carbocycles. The normalized spacial score (nSPS) is 10.6. The average molecular weight is 313 g/mol. The molecule has 0 bridgehead atoms. The van der Waals surface area contributed by atoms with E-state index in [4.69, 9.17) is 0 Å². The van der Waals surface area contributed by atoms with Gasteiger partial charge in [0.25, 0.3) is 0 Å². The second kappa shape index (κ2) is 4.90. The van der Waals surface area contributed by atoms with E-state index in [0.29, 0.717) is 11.1 Å². The van der Waals surface area contributed by atoms with Crippen LogP contribution < -0.4 is 0 Å². The lowest BCUT2D eigenvalue weighted by molar-refractivity contribution is 0.103. The summed E-state index contributed by atoms with van der Waals surface area (Å²) in [5.74, 6) is -0.0768. The van der Waals surface area contributed by atoms with E-state index in [9.17, 15) is 4.79 Å². The van der Waals surface area contributed by atoms with Gasteiger partial charge in [0.2, 0.25) is 0 Å². The lowest BCUT2D eigenvalue weighted by atomic mass is 10.1. The first-order chi connectivity index (χ1) is 9.24. The number of hydrogen-bond acceptors (Lipinski definition) is 3. The number of nitrogens with zero attached hydrogens (tertiary/aromatic N) is 2. The highest BCUT2D eigenvalue weighted by Gasteiger charge is 2.11. The molecule has 3 nitrogen and oxygen atoms in total. The fourth-order valence-electron chi connectivity index (χ4n) is 1.90. The van der Waals surface area contributed by atoms with Gasteiger partial charge in [-0.25, -0.2) is 0 Å². The van der Waals surface area contributed by atoms with Crippen molar-refractivity contribution in [3.05, 3.63) is 70.6 Å². The molecule has 92 valence electrons. The largest absolute Gasteiger partial charge is 0.288 e. The second-order valence-electron chi connectivity index (χ2n) is 4.14. The Morgan fingerprint density at radius 3 is 2.63 bits per heavy atom. The van der Waals surface area contributed by atoms with Crippen LogP contribution in [0.25, 0.3) is 10.9 Å². The van der Waals surface area contributed by atoms with Gasteiger partial charge in [-0.05, 0) is 34.1 Å². The zero-order valence-electron chi connectivity index (χ0n) is 9.88. The predicted octanol–water partition coefficient (Wildman–Crippen LogP) is 3.62. The number of ketones is 1. The van der Waals surface area contributed by atoms with Gasteiger partial charge in [0.05, 0.1) is 5.52 Å². The highest BCUT2D eigenvalue weighted by molar-refractivity contribution is 9.10. The fraction of sp³-hybridized carbons (Fsp3) is 0. The van der Waals surface area contributed by atoms with Crippen LogP contribution in [0.1, 0.15) is 15.9 Å². The van der Waals surface area contributed by atoms with Crippen molar-refractivity contribution in [3.8, 4) is 0 Å². The third kappa shape index (κ3) is 2.39. The number of para-hydroxylation sites is 1. The maximum Gasteiger partial charge on any atom is 0.196 e. The quantitative estimate of drug-likeness (QED) is 0.679. The molecule has 3 rings (SSSR count). The molecule has 19 heavy (non-hydrogen) atoms. The monoisotopic (exact) mass is 312 g/mol. The highest BCUT2D eigenvalue weighted by atomic mass is 79.9. The molecule has 2 heterocycles. The van der Waals surface area contributed by atoms with Crippen LogP contribution in [0, 0.1) is 0 Å². The first-order valence-electron chi connectivity index (χ1n) is 5.74. The van der Waals surface area contributed by atoms with Crippen LogP contribution in [0.2, 0.25) is 0 Å². The lowest BCUT2D eigenvalue weighted by Crippen LogP contribution is -2.02. The number of benzene rings is 1. The molecule has 0 saturated carbocycles. The minimum absolute atomic E-state index is 0.0768. The molecule has 0 unspecified atom stereocenters. The van der Waals surface area contributed by atoms with Crippen molar-refractivity contribution in [1.82, 2.24) is 9.97 Å². The van der Waals surface area contributed by atoms with Gasteiger partial charge in [-0.2, -0.15) is 0 Å². The Bertz CT molecular complexity index is 771. The lowest BCUT2D eigenvalue weighted by Gasteiger charge is -2.03. The molecule has 0 amide bonds. The molecule has 2 aromatic heterocycles. The zero-order valence-corrected chi connectivity index (χ0v) is 11.5. The summed E-state index contributed by atoms with van der Waals surface area (Å²) < 4.78 is 0.784. The third-order valence-corrected chi connectivity index (χ3v) is 3.25. The minimum Gasteiger partial charge on any atom is -0.288 e. The van der Waals surface area contributed by atoms with E-state index in [1.165, 1.54) is 0 Å². The number of aromatic nitrogens is 2. The number of fused-ring (bicyclic) bond motifs is 1. The predicted molar refractivity (Wildman–Crippen MR) is 77.1 cm³/mol. The number of halogens is 1. The van der Waals surface area contributed by atoms with Gasteiger partial charge in [-0.15, -0.1) is 0 Å². The number of hydrogen-bond donors (Lipinski definition) is 0. The SMILES string of the molecule is O=C(c1cncc(Br)c1)c1cnc2ccccc2c1. The van der Waals surface area contributed by atoms with Gasteiger partial charge in [-0.3, -0.25) is 14.8 Å². The van der Waals surface area contributed by atoms with Gasteiger partial charge in [-0.1, -0.05) is 18.2 Å². The minimum atomic E-state index is -0.0768. The molecular weight excluding hydrogens is 304 g/mol. The highest BCUT2D eigenvalue weighted by Crippen LogP contribution is 2.17. The number of carbonyl (C=O) groups is 1. The number of rotatable bonds is 2. The molecule has 0 radical (unpaired) electrons. The molecule has 0 atom stereocenters. The first kappa shape index (κ1) is 12.0. The van der Waals surface area contributed by atoms with E-state index in [1.54, 1.807) is 24.7 Å². The Morgan fingerprint density at radius 1 is 1.00 bits per heavy atom. The smallest absolute Gasteiger partial charge is 0.196 e. The summed E-state index contributed by atoms with van der Waals surface area (Å²) in [5, 5.41) is 0.955. The van der Waals surface area contributed by atoms with Crippen molar-refractivity contribution in [3.63, 3.8) is 0 Å². The molecule has 0 fully saturated rings. The van der Waals surface area contributed by atoms with Gasteiger partial charge < -0.3 is 0 Å². The summed E-state index contributed by atoms with van der Waals surface area (Å²) in [6, 6.07) is 11.3. The van der Waals surface area contributed by atoms with Crippen LogP contribution in [0.15, 0.2) is 59.5 Å². The molecule has 0 aliphatic heterocycles. The molecule has 0 aliphatic rings. The maximum atomic E-state index is 12.3. The number of carbonyl (C=O) groups excluding carboxylic acids is 1. The summed E-state index contributed by atoms with van der Waals surface area (Å²) in [6.45, 7) is 0. The van der Waals surface area contributed by atoms with Crippen LogP contribution in [0.3, 0.4) is 0 Å². The Hall–Kier alpha value is -2.07. The zero-order chi connectivity index (χ0) is 13.2. The molecule has 0 saturated heterocycles. The van der Waals surface area contributed by atoms with Crippen LogP contribution in [0.5, 0.6) is 0 Å². The van der Waals surface area contributed by atoms with Crippen molar-refractivity contribution < 1.29 is 4.79 Å². The van der Waals surface area contributed by atoms with Crippen LogP contribution in [0.4, 0.5) is 0 Å². The van der Waals surface area contributed by atoms with E-state index in [0.717, 1.165) is 15.4 Å². The van der Waals surface area contributed by atoms with E-state index in [2.05, 4.69) is 25.9 Å². The topological polar surface area (TPSA) is 42.9 Å². The third-order valence-electron chi connectivity index (χ3n) is 2.82.